The van der Waals surface area contributed by atoms with Gasteiger partial charge in [0.15, 0.2) is 5.69 Å². The summed E-state index contributed by atoms with van der Waals surface area (Å²) in [5.41, 5.74) is 8.35. The van der Waals surface area contributed by atoms with Crippen LogP contribution in [0.2, 0.25) is 0 Å². The van der Waals surface area contributed by atoms with E-state index in [1.807, 2.05) is 54.6 Å². The van der Waals surface area contributed by atoms with Crippen molar-refractivity contribution in [2.24, 2.45) is 5.73 Å². The van der Waals surface area contributed by atoms with Crippen LogP contribution in [0.4, 0.5) is 5.69 Å². The van der Waals surface area contributed by atoms with Gasteiger partial charge in [-0.1, -0.05) is 24.8 Å². The molecule has 1 fully saturated rings. The average Bonchev–Trinajstić information content (AvgIpc) is 3.29. The van der Waals surface area contributed by atoms with Crippen LogP contribution in [-0.4, -0.2) is 64.1 Å². The van der Waals surface area contributed by atoms with Crippen molar-refractivity contribution in [3.8, 4) is 17.2 Å². The summed E-state index contributed by atoms with van der Waals surface area (Å²) in [5.74, 6) is 0.837. The Bertz CT molecular complexity index is 1230. The van der Waals surface area contributed by atoms with Gasteiger partial charge in [0.2, 0.25) is 5.91 Å². The maximum atomic E-state index is 12.5. The van der Waals surface area contributed by atoms with Gasteiger partial charge in [-0.3, -0.25) is 14.5 Å². The highest BCUT2D eigenvalue weighted by atomic mass is 16.5. The number of hydrogen-bond donors (Lipinski definition) is 2. The summed E-state index contributed by atoms with van der Waals surface area (Å²) in [6.07, 6.45) is 2.21. The SMILES string of the molecule is C=CC(=O)N1CCN([C@H]2CCNc3c2nn(-c2ccc(Oc4ccccc4)cc2)c3C(N)=O)CC1. The monoisotopic (exact) mass is 472 g/mol. The lowest BCUT2D eigenvalue weighted by atomic mass is 10.0. The number of ether oxygens (including phenoxy) is 1. The summed E-state index contributed by atoms with van der Waals surface area (Å²) in [6, 6.07) is 17.0. The molecule has 3 N–H and O–H groups in total. The summed E-state index contributed by atoms with van der Waals surface area (Å²) < 4.78 is 7.50. The number of piperazine rings is 1. The number of carbonyl (C=O) groups is 2. The van der Waals surface area contributed by atoms with E-state index in [0.717, 1.165) is 36.6 Å². The number of benzene rings is 2. The molecule has 0 bridgehead atoms. The number of rotatable bonds is 6. The Kier molecular flexibility index (Phi) is 6.24. The van der Waals surface area contributed by atoms with Gasteiger partial charge in [-0.2, -0.15) is 5.10 Å². The Hall–Kier alpha value is -4.11. The Morgan fingerprint density at radius 2 is 1.71 bits per heavy atom. The minimum absolute atomic E-state index is 0.0345. The second kappa shape index (κ2) is 9.63. The van der Waals surface area contributed by atoms with Crippen molar-refractivity contribution in [2.45, 2.75) is 12.5 Å². The maximum Gasteiger partial charge on any atom is 0.269 e. The molecule has 0 spiro atoms. The summed E-state index contributed by atoms with van der Waals surface area (Å²) in [4.78, 5) is 28.6. The van der Waals surface area contributed by atoms with E-state index in [4.69, 9.17) is 15.6 Å². The molecule has 3 heterocycles. The molecule has 2 aliphatic rings. The van der Waals surface area contributed by atoms with Crippen LogP contribution in [0.15, 0.2) is 67.3 Å². The number of nitrogens with two attached hydrogens (primary N) is 1. The van der Waals surface area contributed by atoms with Crippen molar-refractivity contribution in [1.82, 2.24) is 19.6 Å². The minimum Gasteiger partial charge on any atom is -0.457 e. The van der Waals surface area contributed by atoms with Crippen molar-refractivity contribution < 1.29 is 14.3 Å². The fourth-order valence-corrected chi connectivity index (χ4v) is 4.75. The number of nitrogens with one attached hydrogen (secondary N) is 1. The van der Waals surface area contributed by atoms with Crippen molar-refractivity contribution in [1.29, 1.82) is 0 Å². The normalized spacial score (nSPS) is 17.8. The van der Waals surface area contributed by atoms with Gasteiger partial charge in [0.1, 0.15) is 17.2 Å². The lowest BCUT2D eigenvalue weighted by Crippen LogP contribution is -2.50. The van der Waals surface area contributed by atoms with Crippen LogP contribution in [0.25, 0.3) is 5.69 Å². The zero-order valence-electron chi connectivity index (χ0n) is 19.4. The number of hydrogen-bond acceptors (Lipinski definition) is 6. The predicted octanol–water partition coefficient (Wildman–Crippen LogP) is 2.95. The molecule has 0 unspecified atom stereocenters. The van der Waals surface area contributed by atoms with E-state index in [0.29, 0.717) is 36.8 Å². The Balaban J connectivity index is 1.41. The standard InChI is InChI=1S/C26H28N6O3/c1-2-22(33)31-16-14-30(15-17-31)21-12-13-28-24-23(21)29-32(25(24)26(27)34)18-8-10-20(11-9-18)35-19-6-4-3-5-7-19/h2-11,21,28H,1,12-17H2,(H2,27,34)/t21-/m0/s1. The Morgan fingerprint density at radius 1 is 1.03 bits per heavy atom. The van der Waals surface area contributed by atoms with Gasteiger partial charge in [0.05, 0.1) is 17.4 Å². The Morgan fingerprint density at radius 3 is 2.37 bits per heavy atom. The molecule has 9 nitrogen and oxygen atoms in total. The molecule has 0 aliphatic carbocycles. The molecule has 1 aromatic heterocycles. The molecule has 1 saturated heterocycles. The number of aromatic nitrogens is 2. The quantitative estimate of drug-likeness (QED) is 0.535. The van der Waals surface area contributed by atoms with Gasteiger partial charge >= 0.3 is 0 Å². The molecule has 2 aromatic carbocycles. The van der Waals surface area contributed by atoms with Gasteiger partial charge < -0.3 is 20.7 Å². The molecule has 3 aromatic rings. The highest BCUT2D eigenvalue weighted by Crippen LogP contribution is 2.37. The molecular weight excluding hydrogens is 444 g/mol. The van der Waals surface area contributed by atoms with Crippen molar-refractivity contribution in [2.75, 3.05) is 38.0 Å². The van der Waals surface area contributed by atoms with Gasteiger partial charge in [0, 0.05) is 32.7 Å². The van der Waals surface area contributed by atoms with Crippen LogP contribution in [0.5, 0.6) is 11.5 Å². The summed E-state index contributed by atoms with van der Waals surface area (Å²) in [6.45, 7) is 7.02. The van der Waals surface area contributed by atoms with E-state index in [1.165, 1.54) is 6.08 Å². The number of nitrogens with zero attached hydrogens (tertiary/aromatic N) is 4. The van der Waals surface area contributed by atoms with Crippen LogP contribution in [-0.2, 0) is 4.79 Å². The molecule has 2 amide bonds. The summed E-state index contributed by atoms with van der Waals surface area (Å²) in [5, 5.41) is 8.20. The zero-order valence-corrected chi connectivity index (χ0v) is 19.4. The Labute approximate surface area is 203 Å². The fourth-order valence-electron chi connectivity index (χ4n) is 4.75. The molecule has 1 atom stereocenters. The van der Waals surface area contributed by atoms with E-state index in [2.05, 4.69) is 16.8 Å². The van der Waals surface area contributed by atoms with E-state index < -0.39 is 5.91 Å². The zero-order chi connectivity index (χ0) is 24.4. The average molecular weight is 473 g/mol. The van der Waals surface area contributed by atoms with E-state index in [1.54, 1.807) is 9.58 Å². The van der Waals surface area contributed by atoms with Crippen molar-refractivity contribution in [3.63, 3.8) is 0 Å². The second-order valence-electron chi connectivity index (χ2n) is 8.59. The minimum atomic E-state index is -0.544. The number of carbonyl (C=O) groups excluding carboxylic acids is 2. The van der Waals surface area contributed by atoms with Crippen LogP contribution in [0.3, 0.4) is 0 Å². The molecule has 0 saturated carbocycles. The fraction of sp³-hybridized carbons (Fsp3) is 0.269. The van der Waals surface area contributed by atoms with Crippen molar-refractivity contribution >= 4 is 17.5 Å². The number of para-hydroxylation sites is 1. The predicted molar refractivity (Wildman–Crippen MR) is 133 cm³/mol. The van der Waals surface area contributed by atoms with Gasteiger partial charge in [0.25, 0.3) is 5.91 Å². The van der Waals surface area contributed by atoms with Crippen LogP contribution in [0, 0.1) is 0 Å². The topological polar surface area (TPSA) is 106 Å². The van der Waals surface area contributed by atoms with Crippen molar-refractivity contribution in [3.05, 3.63) is 78.6 Å². The molecule has 5 rings (SSSR count). The van der Waals surface area contributed by atoms with E-state index >= 15 is 0 Å². The van der Waals surface area contributed by atoms with Crippen LogP contribution >= 0.6 is 0 Å². The first-order valence-electron chi connectivity index (χ1n) is 11.7. The third kappa shape index (κ3) is 4.50. The second-order valence-corrected chi connectivity index (χ2v) is 8.59. The molecule has 180 valence electrons. The van der Waals surface area contributed by atoms with E-state index in [-0.39, 0.29) is 11.9 Å². The first-order valence-corrected chi connectivity index (χ1v) is 11.7. The maximum absolute atomic E-state index is 12.5. The first kappa shape index (κ1) is 22.7. The summed E-state index contributed by atoms with van der Waals surface area (Å²) in [7, 11) is 0. The van der Waals surface area contributed by atoms with Crippen LogP contribution < -0.4 is 15.8 Å². The molecule has 9 heteroatoms. The number of anilines is 1. The molecular formula is C26H28N6O3. The number of amides is 2. The lowest BCUT2D eigenvalue weighted by Gasteiger charge is -2.40. The number of primary amides is 1. The van der Waals surface area contributed by atoms with E-state index in [9.17, 15) is 9.59 Å². The molecule has 2 aliphatic heterocycles. The third-order valence-corrected chi connectivity index (χ3v) is 6.48. The van der Waals surface area contributed by atoms with Gasteiger partial charge in [-0.05, 0) is 48.9 Å². The summed E-state index contributed by atoms with van der Waals surface area (Å²) >= 11 is 0. The number of fused-ring (bicyclic) bond motifs is 1. The largest absolute Gasteiger partial charge is 0.457 e. The highest BCUT2D eigenvalue weighted by molar-refractivity contribution is 5.98. The lowest BCUT2D eigenvalue weighted by molar-refractivity contribution is -0.128. The first-order chi connectivity index (χ1) is 17.0. The van der Waals surface area contributed by atoms with Gasteiger partial charge in [-0.25, -0.2) is 4.68 Å². The van der Waals surface area contributed by atoms with Gasteiger partial charge in [-0.15, -0.1) is 0 Å². The third-order valence-electron chi connectivity index (χ3n) is 6.48. The smallest absolute Gasteiger partial charge is 0.269 e. The molecule has 35 heavy (non-hydrogen) atoms. The molecule has 0 radical (unpaired) electrons. The highest BCUT2D eigenvalue weighted by Gasteiger charge is 2.35. The van der Waals surface area contributed by atoms with Crippen LogP contribution in [0.1, 0.15) is 28.6 Å².